The Balaban J connectivity index is 2.27. The van der Waals surface area contributed by atoms with Gasteiger partial charge in [0.25, 0.3) is 0 Å². The molecule has 0 bridgehead atoms. The molecule has 0 fully saturated rings. The van der Waals surface area contributed by atoms with Gasteiger partial charge in [-0.25, -0.2) is 4.39 Å². The molecular formula is C15H20FNO3. The van der Waals surface area contributed by atoms with E-state index in [1.54, 1.807) is 6.07 Å². The summed E-state index contributed by atoms with van der Waals surface area (Å²) in [5.74, 6) is -1.15. The van der Waals surface area contributed by atoms with Gasteiger partial charge in [0, 0.05) is 19.4 Å². The van der Waals surface area contributed by atoms with E-state index >= 15 is 0 Å². The molecule has 0 aromatic heterocycles. The maximum atomic E-state index is 13.4. The molecule has 0 aliphatic carbocycles. The van der Waals surface area contributed by atoms with Gasteiger partial charge < -0.3 is 10.1 Å². The van der Waals surface area contributed by atoms with Crippen LogP contribution in [0.5, 0.6) is 0 Å². The number of halogens is 1. The Bertz CT molecular complexity index is 460. The second-order valence-corrected chi connectivity index (χ2v) is 4.67. The monoisotopic (exact) mass is 281 g/mol. The fourth-order valence-corrected chi connectivity index (χ4v) is 1.62. The van der Waals surface area contributed by atoms with E-state index in [1.807, 2.05) is 13.8 Å². The van der Waals surface area contributed by atoms with E-state index in [0.717, 1.165) is 0 Å². The van der Waals surface area contributed by atoms with Crippen LogP contribution in [0, 0.1) is 5.82 Å². The number of amides is 1. The van der Waals surface area contributed by atoms with Gasteiger partial charge in [-0.05, 0) is 26.0 Å². The topological polar surface area (TPSA) is 55.4 Å². The molecule has 5 heteroatoms. The molecule has 0 radical (unpaired) electrons. The first-order valence-corrected chi connectivity index (χ1v) is 6.66. The number of benzene rings is 1. The average Bonchev–Trinajstić information content (AvgIpc) is 2.41. The molecule has 4 nitrogen and oxygen atoms in total. The second-order valence-electron chi connectivity index (χ2n) is 4.67. The van der Waals surface area contributed by atoms with Crippen molar-refractivity contribution in [3.05, 3.63) is 35.6 Å². The molecule has 0 spiro atoms. The maximum Gasteiger partial charge on any atom is 0.220 e. The lowest BCUT2D eigenvalue weighted by atomic mass is 10.1. The predicted octanol–water partition coefficient (Wildman–Crippen LogP) is 2.33. The quantitative estimate of drug-likeness (QED) is 0.588. The minimum atomic E-state index is -0.553. The molecule has 0 unspecified atom stereocenters. The third kappa shape index (κ3) is 5.93. The van der Waals surface area contributed by atoms with Crippen molar-refractivity contribution in [1.82, 2.24) is 5.32 Å². The Morgan fingerprint density at radius 3 is 2.60 bits per heavy atom. The summed E-state index contributed by atoms with van der Waals surface area (Å²) in [7, 11) is 0. The van der Waals surface area contributed by atoms with Gasteiger partial charge in [0.05, 0.1) is 18.3 Å². The Labute approximate surface area is 118 Å². The Hall–Kier alpha value is -1.75. The highest BCUT2D eigenvalue weighted by molar-refractivity contribution is 5.98. The van der Waals surface area contributed by atoms with E-state index in [0.29, 0.717) is 13.2 Å². The van der Waals surface area contributed by atoms with Crippen LogP contribution < -0.4 is 5.32 Å². The molecule has 1 amide bonds. The Morgan fingerprint density at radius 2 is 1.95 bits per heavy atom. The summed E-state index contributed by atoms with van der Waals surface area (Å²) in [6, 6.07) is 5.77. The van der Waals surface area contributed by atoms with Crippen LogP contribution in [0.1, 0.15) is 37.0 Å². The highest BCUT2D eigenvalue weighted by Gasteiger charge is 2.12. The summed E-state index contributed by atoms with van der Waals surface area (Å²) >= 11 is 0. The molecule has 1 N–H and O–H groups in total. The number of hydrogen-bond donors (Lipinski definition) is 1. The summed E-state index contributed by atoms with van der Waals surface area (Å²) in [5, 5.41) is 2.65. The molecule has 0 saturated heterocycles. The van der Waals surface area contributed by atoms with Crippen molar-refractivity contribution in [1.29, 1.82) is 0 Å². The van der Waals surface area contributed by atoms with Crippen molar-refractivity contribution in [2.75, 3.05) is 13.2 Å². The zero-order valence-electron chi connectivity index (χ0n) is 11.8. The molecular weight excluding hydrogens is 261 g/mol. The van der Waals surface area contributed by atoms with Crippen LogP contribution in [0.25, 0.3) is 0 Å². The van der Waals surface area contributed by atoms with Crippen LogP contribution in [-0.2, 0) is 9.53 Å². The first kappa shape index (κ1) is 16.3. The van der Waals surface area contributed by atoms with Crippen LogP contribution in [0.4, 0.5) is 4.39 Å². The lowest BCUT2D eigenvalue weighted by molar-refractivity contribution is -0.121. The van der Waals surface area contributed by atoms with Crippen molar-refractivity contribution in [3.8, 4) is 0 Å². The van der Waals surface area contributed by atoms with Gasteiger partial charge in [-0.15, -0.1) is 0 Å². The van der Waals surface area contributed by atoms with Gasteiger partial charge in [-0.1, -0.05) is 12.1 Å². The highest BCUT2D eigenvalue weighted by atomic mass is 19.1. The zero-order chi connectivity index (χ0) is 15.0. The van der Waals surface area contributed by atoms with Crippen molar-refractivity contribution in [2.24, 2.45) is 0 Å². The minimum Gasteiger partial charge on any atom is -0.377 e. The third-order valence-corrected chi connectivity index (χ3v) is 2.63. The lowest BCUT2D eigenvalue weighted by Gasteiger charge is -2.08. The summed E-state index contributed by atoms with van der Waals surface area (Å²) in [4.78, 5) is 23.2. The highest BCUT2D eigenvalue weighted by Crippen LogP contribution is 2.10. The van der Waals surface area contributed by atoms with Crippen molar-refractivity contribution < 1.29 is 18.7 Å². The molecule has 0 heterocycles. The number of carbonyl (C=O) groups excluding carboxylic acids is 2. The molecule has 1 aromatic carbocycles. The van der Waals surface area contributed by atoms with Gasteiger partial charge in [-0.2, -0.15) is 0 Å². The summed E-state index contributed by atoms with van der Waals surface area (Å²) in [6.07, 6.45) is 0.168. The second kappa shape index (κ2) is 8.43. The summed E-state index contributed by atoms with van der Waals surface area (Å²) in [5.41, 5.74) is 0.0310. The van der Waals surface area contributed by atoms with Crippen LogP contribution in [0.2, 0.25) is 0 Å². The number of Topliss-reactive ketones (excluding diaryl/α,β-unsaturated/α-hetero) is 1. The summed E-state index contributed by atoms with van der Waals surface area (Å²) < 4.78 is 18.6. The van der Waals surface area contributed by atoms with Crippen LogP contribution >= 0.6 is 0 Å². The third-order valence-electron chi connectivity index (χ3n) is 2.63. The van der Waals surface area contributed by atoms with E-state index < -0.39 is 5.82 Å². The molecule has 1 rings (SSSR count). The van der Waals surface area contributed by atoms with Gasteiger partial charge in [-0.3, -0.25) is 9.59 Å². The van der Waals surface area contributed by atoms with Crippen molar-refractivity contribution in [2.45, 2.75) is 32.8 Å². The minimum absolute atomic E-state index is 0.00218. The Kier molecular flexibility index (Phi) is 6.87. The Morgan fingerprint density at radius 1 is 1.25 bits per heavy atom. The molecule has 0 atom stereocenters. The van der Waals surface area contributed by atoms with Crippen LogP contribution in [0.15, 0.2) is 24.3 Å². The smallest absolute Gasteiger partial charge is 0.220 e. The molecule has 20 heavy (non-hydrogen) atoms. The van der Waals surface area contributed by atoms with Crippen molar-refractivity contribution in [3.63, 3.8) is 0 Å². The fourth-order valence-electron chi connectivity index (χ4n) is 1.62. The van der Waals surface area contributed by atoms with E-state index in [2.05, 4.69) is 5.32 Å². The molecule has 0 aliphatic heterocycles. The summed E-state index contributed by atoms with van der Waals surface area (Å²) in [6.45, 7) is 4.67. The lowest BCUT2D eigenvalue weighted by Crippen LogP contribution is -2.28. The average molecular weight is 281 g/mol. The molecule has 110 valence electrons. The normalized spacial score (nSPS) is 10.6. The van der Waals surface area contributed by atoms with Crippen LogP contribution in [-0.4, -0.2) is 30.9 Å². The van der Waals surface area contributed by atoms with E-state index in [1.165, 1.54) is 18.2 Å². The van der Waals surface area contributed by atoms with Gasteiger partial charge in [0.15, 0.2) is 5.78 Å². The van der Waals surface area contributed by atoms with Crippen molar-refractivity contribution >= 4 is 11.7 Å². The molecule has 0 aliphatic rings. The number of hydrogen-bond acceptors (Lipinski definition) is 3. The van der Waals surface area contributed by atoms with Crippen LogP contribution in [0.3, 0.4) is 0 Å². The first-order valence-electron chi connectivity index (χ1n) is 6.66. The number of ether oxygens (including phenoxy) is 1. The fraction of sp³-hybridized carbons (Fsp3) is 0.467. The molecule has 1 aromatic rings. The SMILES string of the molecule is CC(C)OCCNC(=O)CCC(=O)c1ccccc1F. The maximum absolute atomic E-state index is 13.4. The number of nitrogens with one attached hydrogen (secondary N) is 1. The first-order chi connectivity index (χ1) is 9.50. The van der Waals surface area contributed by atoms with E-state index in [9.17, 15) is 14.0 Å². The molecule has 0 saturated carbocycles. The van der Waals surface area contributed by atoms with E-state index in [-0.39, 0.29) is 36.2 Å². The number of ketones is 1. The van der Waals surface area contributed by atoms with Gasteiger partial charge in [0.1, 0.15) is 5.82 Å². The largest absolute Gasteiger partial charge is 0.377 e. The van der Waals surface area contributed by atoms with E-state index in [4.69, 9.17) is 4.74 Å². The standard InChI is InChI=1S/C15H20FNO3/c1-11(2)20-10-9-17-15(19)8-7-14(18)12-5-3-4-6-13(12)16/h3-6,11H,7-10H2,1-2H3,(H,17,19). The number of rotatable bonds is 8. The predicted molar refractivity (Wildman–Crippen MR) is 74.1 cm³/mol. The van der Waals surface area contributed by atoms with Gasteiger partial charge >= 0.3 is 0 Å². The van der Waals surface area contributed by atoms with Gasteiger partial charge in [0.2, 0.25) is 5.91 Å². The zero-order valence-corrected chi connectivity index (χ0v) is 11.8. The number of carbonyl (C=O) groups is 2.